The number of thiophene rings is 1. The molecule has 0 saturated heterocycles. The molecule has 0 aliphatic carbocycles. The number of aryl methyl sites for hydroxylation is 2. The minimum absolute atomic E-state index is 0.0446. The molecule has 0 spiro atoms. The van der Waals surface area contributed by atoms with Crippen molar-refractivity contribution in [3.8, 4) is 0 Å². The second kappa shape index (κ2) is 8.57. The first-order chi connectivity index (χ1) is 14.1. The van der Waals surface area contributed by atoms with Crippen LogP contribution in [-0.4, -0.2) is 23.3 Å². The Labute approximate surface area is 174 Å². The van der Waals surface area contributed by atoms with Crippen molar-refractivity contribution in [2.45, 2.75) is 32.6 Å². The minimum Gasteiger partial charge on any atom is -0.310 e. The Bertz CT molecular complexity index is 1030. The standard InChI is InChI=1S/C23H23N3O2S/c1-16-6-2-3-7-17(16)14-22(27)25-21-10-9-18(15-24-21)23(28)26-12-5-4-8-20-19(26)11-13-29-20/h2-3,6-7,9-11,13,15H,4-5,8,12,14H2,1H3,(H,24,25,27). The summed E-state index contributed by atoms with van der Waals surface area (Å²) in [6.45, 7) is 2.71. The van der Waals surface area contributed by atoms with Crippen LogP contribution in [0.25, 0.3) is 0 Å². The van der Waals surface area contributed by atoms with E-state index in [0.29, 0.717) is 17.8 Å². The van der Waals surface area contributed by atoms with E-state index >= 15 is 0 Å². The molecular weight excluding hydrogens is 382 g/mol. The molecule has 1 aliphatic heterocycles. The van der Waals surface area contributed by atoms with Gasteiger partial charge in [0.25, 0.3) is 5.91 Å². The molecule has 0 radical (unpaired) electrons. The zero-order valence-corrected chi connectivity index (χ0v) is 17.2. The van der Waals surface area contributed by atoms with Gasteiger partial charge in [0.05, 0.1) is 17.7 Å². The largest absolute Gasteiger partial charge is 0.310 e. The van der Waals surface area contributed by atoms with Gasteiger partial charge in [0, 0.05) is 17.6 Å². The number of hydrogen-bond donors (Lipinski definition) is 1. The second-order valence-electron chi connectivity index (χ2n) is 7.23. The number of nitrogens with one attached hydrogen (secondary N) is 1. The molecule has 3 aromatic rings. The van der Waals surface area contributed by atoms with Crippen molar-refractivity contribution in [1.82, 2.24) is 4.98 Å². The summed E-state index contributed by atoms with van der Waals surface area (Å²) in [5, 5.41) is 4.85. The SMILES string of the molecule is Cc1ccccc1CC(=O)Nc1ccc(C(=O)N2CCCCc3sccc32)cn1. The number of rotatable bonds is 4. The highest BCUT2D eigenvalue weighted by Gasteiger charge is 2.23. The summed E-state index contributed by atoms with van der Waals surface area (Å²) in [4.78, 5) is 32.8. The summed E-state index contributed by atoms with van der Waals surface area (Å²) in [6, 6.07) is 13.3. The predicted molar refractivity (Wildman–Crippen MR) is 117 cm³/mol. The number of carbonyl (C=O) groups is 2. The first kappa shape index (κ1) is 19.3. The third kappa shape index (κ3) is 4.38. The zero-order valence-electron chi connectivity index (χ0n) is 16.4. The lowest BCUT2D eigenvalue weighted by molar-refractivity contribution is -0.115. The summed E-state index contributed by atoms with van der Waals surface area (Å²) in [7, 11) is 0. The smallest absolute Gasteiger partial charge is 0.259 e. The fourth-order valence-electron chi connectivity index (χ4n) is 3.57. The van der Waals surface area contributed by atoms with E-state index in [-0.39, 0.29) is 11.8 Å². The molecule has 4 rings (SSSR count). The van der Waals surface area contributed by atoms with Crippen molar-refractivity contribution in [1.29, 1.82) is 0 Å². The average molecular weight is 406 g/mol. The van der Waals surface area contributed by atoms with Gasteiger partial charge in [-0.2, -0.15) is 0 Å². The maximum Gasteiger partial charge on any atom is 0.259 e. The highest BCUT2D eigenvalue weighted by atomic mass is 32.1. The molecule has 0 fully saturated rings. The van der Waals surface area contributed by atoms with E-state index in [9.17, 15) is 9.59 Å². The number of benzene rings is 1. The lowest BCUT2D eigenvalue weighted by Gasteiger charge is -2.21. The van der Waals surface area contributed by atoms with Crippen LogP contribution in [0.1, 0.15) is 39.2 Å². The predicted octanol–water partition coefficient (Wildman–Crippen LogP) is 4.62. The fourth-order valence-corrected chi connectivity index (χ4v) is 4.49. The number of carbonyl (C=O) groups excluding carboxylic acids is 2. The maximum atomic E-state index is 13.0. The zero-order chi connectivity index (χ0) is 20.2. The lowest BCUT2D eigenvalue weighted by atomic mass is 10.1. The molecular formula is C23H23N3O2S. The van der Waals surface area contributed by atoms with Gasteiger partial charge < -0.3 is 10.2 Å². The van der Waals surface area contributed by atoms with E-state index in [1.165, 1.54) is 4.88 Å². The summed E-state index contributed by atoms with van der Waals surface area (Å²) < 4.78 is 0. The highest BCUT2D eigenvalue weighted by molar-refractivity contribution is 7.10. The maximum absolute atomic E-state index is 13.0. The van der Waals surface area contributed by atoms with Crippen molar-refractivity contribution >= 4 is 34.7 Å². The van der Waals surface area contributed by atoms with Gasteiger partial charge in [-0.25, -0.2) is 4.98 Å². The van der Waals surface area contributed by atoms with E-state index in [1.807, 2.05) is 47.5 Å². The van der Waals surface area contributed by atoms with Crippen LogP contribution in [-0.2, 0) is 17.6 Å². The number of amides is 2. The van der Waals surface area contributed by atoms with Crippen LogP contribution in [0.2, 0.25) is 0 Å². The summed E-state index contributed by atoms with van der Waals surface area (Å²) in [5.74, 6) is 0.283. The van der Waals surface area contributed by atoms with Crippen molar-refractivity contribution in [3.05, 3.63) is 75.6 Å². The van der Waals surface area contributed by atoms with Gasteiger partial charge >= 0.3 is 0 Å². The van der Waals surface area contributed by atoms with Crippen molar-refractivity contribution < 1.29 is 9.59 Å². The molecule has 5 nitrogen and oxygen atoms in total. The quantitative estimate of drug-likeness (QED) is 0.689. The Morgan fingerprint density at radius 2 is 2.00 bits per heavy atom. The molecule has 1 N–H and O–H groups in total. The van der Waals surface area contributed by atoms with E-state index in [4.69, 9.17) is 0 Å². The molecule has 2 amide bonds. The topological polar surface area (TPSA) is 62.3 Å². The van der Waals surface area contributed by atoms with E-state index in [0.717, 1.165) is 42.6 Å². The average Bonchev–Trinajstić information content (AvgIpc) is 3.09. The van der Waals surface area contributed by atoms with Crippen molar-refractivity contribution in [2.75, 3.05) is 16.8 Å². The van der Waals surface area contributed by atoms with Gasteiger partial charge in [-0.15, -0.1) is 11.3 Å². The molecule has 3 heterocycles. The van der Waals surface area contributed by atoms with E-state index in [2.05, 4.69) is 10.3 Å². The van der Waals surface area contributed by atoms with Crippen LogP contribution in [0.15, 0.2) is 54.0 Å². The van der Waals surface area contributed by atoms with Crippen LogP contribution in [0.3, 0.4) is 0 Å². The molecule has 6 heteroatoms. The first-order valence-corrected chi connectivity index (χ1v) is 10.7. The molecule has 1 aliphatic rings. The molecule has 0 unspecified atom stereocenters. The monoisotopic (exact) mass is 405 g/mol. The van der Waals surface area contributed by atoms with Crippen LogP contribution < -0.4 is 10.2 Å². The Morgan fingerprint density at radius 1 is 1.14 bits per heavy atom. The van der Waals surface area contributed by atoms with Gasteiger partial charge in [-0.1, -0.05) is 24.3 Å². The summed E-state index contributed by atoms with van der Waals surface area (Å²) in [5.41, 5.74) is 3.63. The summed E-state index contributed by atoms with van der Waals surface area (Å²) in [6.07, 6.45) is 4.96. The molecule has 0 atom stereocenters. The number of nitrogens with zero attached hydrogens (tertiary/aromatic N) is 2. The third-order valence-electron chi connectivity index (χ3n) is 5.18. The fraction of sp³-hybridized carbons (Fsp3) is 0.261. The Kier molecular flexibility index (Phi) is 5.71. The molecule has 0 saturated carbocycles. The molecule has 29 heavy (non-hydrogen) atoms. The summed E-state index contributed by atoms with van der Waals surface area (Å²) >= 11 is 1.71. The van der Waals surface area contributed by atoms with Crippen LogP contribution in [0.5, 0.6) is 0 Å². The lowest BCUT2D eigenvalue weighted by Crippen LogP contribution is -2.31. The van der Waals surface area contributed by atoms with Gasteiger partial charge in [0.1, 0.15) is 5.82 Å². The van der Waals surface area contributed by atoms with Crippen LogP contribution in [0.4, 0.5) is 11.5 Å². The molecule has 148 valence electrons. The van der Waals surface area contributed by atoms with Gasteiger partial charge in [-0.05, 0) is 60.9 Å². The van der Waals surface area contributed by atoms with Gasteiger partial charge in [0.2, 0.25) is 5.91 Å². The number of fused-ring (bicyclic) bond motifs is 1. The van der Waals surface area contributed by atoms with E-state index in [1.54, 1.807) is 29.7 Å². The number of aromatic nitrogens is 1. The molecule has 0 bridgehead atoms. The normalized spacial score (nSPS) is 13.5. The second-order valence-corrected chi connectivity index (χ2v) is 8.23. The Hall–Kier alpha value is -2.99. The Balaban J connectivity index is 1.43. The highest BCUT2D eigenvalue weighted by Crippen LogP contribution is 2.32. The van der Waals surface area contributed by atoms with Gasteiger partial charge in [0.15, 0.2) is 0 Å². The first-order valence-electron chi connectivity index (χ1n) is 9.80. The molecule has 2 aromatic heterocycles. The van der Waals surface area contributed by atoms with Crippen molar-refractivity contribution in [2.24, 2.45) is 0 Å². The van der Waals surface area contributed by atoms with Crippen molar-refractivity contribution in [3.63, 3.8) is 0 Å². The number of pyridine rings is 1. The van der Waals surface area contributed by atoms with Gasteiger partial charge in [-0.3, -0.25) is 9.59 Å². The number of anilines is 2. The molecule has 1 aromatic carbocycles. The van der Waals surface area contributed by atoms with Crippen LogP contribution >= 0.6 is 11.3 Å². The number of hydrogen-bond acceptors (Lipinski definition) is 4. The minimum atomic E-state index is -0.124. The Morgan fingerprint density at radius 3 is 2.79 bits per heavy atom. The third-order valence-corrected chi connectivity index (χ3v) is 6.15. The van der Waals surface area contributed by atoms with Crippen LogP contribution in [0, 0.1) is 6.92 Å². The van der Waals surface area contributed by atoms with E-state index < -0.39 is 0 Å².